The van der Waals surface area contributed by atoms with Crippen molar-refractivity contribution in [1.29, 1.82) is 0 Å². The molecule has 5 atom stereocenters. The van der Waals surface area contributed by atoms with Gasteiger partial charge in [0.1, 0.15) is 57.6 Å². The Morgan fingerprint density at radius 2 is 0.952 bits per heavy atom. The fourth-order valence-electron chi connectivity index (χ4n) is 8.26. The van der Waals surface area contributed by atoms with Crippen molar-refractivity contribution in [3.63, 3.8) is 0 Å². The largest absolute Gasteiger partial charge is 0.508 e. The zero-order chi connectivity index (χ0) is 63.4. The summed E-state index contributed by atoms with van der Waals surface area (Å²) in [6.07, 6.45) is -3.55. The number of hydrogen-bond donors (Lipinski definition) is 11. The van der Waals surface area contributed by atoms with E-state index in [4.69, 9.17) is 23.7 Å². The van der Waals surface area contributed by atoms with Crippen molar-refractivity contribution < 1.29 is 77.0 Å². The minimum atomic E-state index is -1.42. The molecule has 84 heavy (non-hydrogen) atoms. The predicted molar refractivity (Wildman–Crippen MR) is 313 cm³/mol. The quantitative estimate of drug-likeness (QED) is 0.0496. The minimum absolute atomic E-state index is 0.00724. The number of ether oxygens (including phenoxy) is 5. The number of aromatic hydroxyl groups is 2. The molecule has 0 aliphatic carbocycles. The number of alkyl carbamates (subject to hydrolysis) is 5. The van der Waals surface area contributed by atoms with E-state index < -0.39 is 112 Å². The van der Waals surface area contributed by atoms with E-state index in [1.807, 2.05) is 0 Å². The zero-order valence-electron chi connectivity index (χ0n) is 51.7. The molecule has 0 fully saturated rings. The van der Waals surface area contributed by atoms with Crippen LogP contribution in [0.2, 0.25) is 0 Å². The Bertz CT molecular complexity index is 2590. The molecule has 0 aromatic heterocycles. The van der Waals surface area contributed by atoms with E-state index in [0.717, 1.165) is 0 Å². The van der Waals surface area contributed by atoms with Gasteiger partial charge in [-0.05, 0) is 189 Å². The Labute approximate surface area is 493 Å². The molecule has 2 aromatic rings. The molecule has 9 amide bonds. The van der Waals surface area contributed by atoms with Crippen LogP contribution in [0, 0.1) is 0 Å². The van der Waals surface area contributed by atoms with Gasteiger partial charge in [-0.15, -0.1) is 0 Å². The van der Waals surface area contributed by atoms with Crippen LogP contribution in [0.4, 0.5) is 24.0 Å². The van der Waals surface area contributed by atoms with Crippen LogP contribution < -0.4 is 47.9 Å². The van der Waals surface area contributed by atoms with Gasteiger partial charge in [-0.1, -0.05) is 12.1 Å². The monoisotopic (exact) mass is 1180 g/mol. The lowest BCUT2D eigenvalue weighted by molar-refractivity contribution is -0.132. The third kappa shape index (κ3) is 29.0. The number of benzene rings is 2. The summed E-state index contributed by atoms with van der Waals surface area (Å²) in [7, 11) is 0. The standard InChI is InChI=1S/C59H93N9O16/c1-55(2,3)80-50(75)61-27-17-20-40(65-53(78)83-58(10,11)12)34-63-46(71)33-39(64-52(77)82-57(7,8)9)19-16-26-60-47(72)42-31-37-29-35(22-24-44(37)69)36-23-25-45(70)38(30-36)32-43(68-54(79)84-59(13,14)15)49(74)66-41(48(73)67-42)21-18-28-62-51(76)81-56(4,5)6/h22-25,29-30,39-43,69-70H,16-21,26-28,31-34H2,1-15H3,(H,60,72)(H,61,75)(H,62,76)(H,63,71)(H,64,77)(H,65,78)(H,66,74)(H,67,73)(H,68,79)/t39-,40-,41-,42-,43-/m0/s1. The predicted octanol–water partition coefficient (Wildman–Crippen LogP) is 6.53. The summed E-state index contributed by atoms with van der Waals surface area (Å²) in [4.78, 5) is 121. The van der Waals surface area contributed by atoms with Crippen molar-refractivity contribution in [3.8, 4) is 22.6 Å². The summed E-state index contributed by atoms with van der Waals surface area (Å²) in [6, 6.07) is 3.61. The van der Waals surface area contributed by atoms with E-state index in [1.165, 1.54) is 12.1 Å². The topological polar surface area (TPSA) is 349 Å². The number of nitrogens with one attached hydrogen (secondary N) is 9. The van der Waals surface area contributed by atoms with Crippen molar-refractivity contribution in [2.24, 2.45) is 0 Å². The molecule has 0 unspecified atom stereocenters. The first-order chi connectivity index (χ1) is 38.7. The maximum absolute atomic E-state index is 14.5. The summed E-state index contributed by atoms with van der Waals surface area (Å²) in [5, 5.41) is 46.8. The molecule has 3 rings (SSSR count). The molecule has 0 saturated heterocycles. The number of carbonyl (C=O) groups excluding carboxylic acids is 9. The van der Waals surface area contributed by atoms with Gasteiger partial charge in [-0.2, -0.15) is 0 Å². The lowest BCUT2D eigenvalue weighted by Crippen LogP contribution is -2.57. The van der Waals surface area contributed by atoms with Gasteiger partial charge in [0.2, 0.25) is 23.6 Å². The first kappa shape index (κ1) is 70.5. The first-order valence-electron chi connectivity index (χ1n) is 28.4. The maximum atomic E-state index is 14.5. The van der Waals surface area contributed by atoms with Crippen LogP contribution in [-0.4, -0.2) is 149 Å². The van der Waals surface area contributed by atoms with Gasteiger partial charge in [0.05, 0.1) is 0 Å². The normalized spacial score (nSPS) is 16.7. The fraction of sp³-hybridized carbons (Fsp3) is 0.644. The summed E-state index contributed by atoms with van der Waals surface area (Å²) < 4.78 is 27.1. The smallest absolute Gasteiger partial charge is 0.408 e. The Balaban J connectivity index is 1.92. The van der Waals surface area contributed by atoms with Crippen molar-refractivity contribution in [2.75, 3.05) is 26.2 Å². The van der Waals surface area contributed by atoms with Crippen molar-refractivity contribution in [3.05, 3.63) is 47.5 Å². The third-order valence-electron chi connectivity index (χ3n) is 11.8. The van der Waals surface area contributed by atoms with Gasteiger partial charge >= 0.3 is 30.5 Å². The number of rotatable bonds is 20. The van der Waals surface area contributed by atoms with Crippen LogP contribution in [0.1, 0.15) is 160 Å². The van der Waals surface area contributed by atoms with E-state index >= 15 is 0 Å². The molecule has 1 aliphatic rings. The van der Waals surface area contributed by atoms with E-state index in [-0.39, 0.29) is 93.8 Å². The second-order valence-electron chi connectivity index (χ2n) is 25.7. The Hall–Kier alpha value is -7.73. The molecule has 11 N–H and O–H groups in total. The number of phenolic OH excluding ortho intramolecular Hbond substituents is 2. The second-order valence-corrected chi connectivity index (χ2v) is 25.7. The van der Waals surface area contributed by atoms with Crippen LogP contribution in [0.3, 0.4) is 0 Å². The molecule has 0 saturated carbocycles. The van der Waals surface area contributed by atoms with Gasteiger partial charge in [-0.3, -0.25) is 19.2 Å². The Morgan fingerprint density at radius 3 is 1.45 bits per heavy atom. The average Bonchev–Trinajstić information content (AvgIpc) is 3.58. The van der Waals surface area contributed by atoms with E-state index in [0.29, 0.717) is 24.0 Å². The second kappa shape index (κ2) is 31.2. The highest BCUT2D eigenvalue weighted by atomic mass is 16.6. The Morgan fingerprint density at radius 1 is 0.524 bits per heavy atom. The highest BCUT2D eigenvalue weighted by Crippen LogP contribution is 2.31. The molecule has 25 heteroatoms. The summed E-state index contributed by atoms with van der Waals surface area (Å²) in [5.41, 5.74) is -2.59. The molecule has 1 heterocycles. The molecule has 1 aliphatic heterocycles. The molecule has 0 radical (unpaired) electrons. The SMILES string of the molecule is CC(C)(C)OC(=O)NCCC[C@@H](CNC(=O)C[C@H](CCCNC(=O)[C@@H]1Cc2cc(ccc2O)-c2ccc(O)c(c2)C[C@H](NC(=O)OC(C)(C)C)C(=O)N[C@@H](CCCNC(=O)OC(C)(C)C)C(=O)N1)NC(=O)OC(C)(C)C)NC(=O)OC(C)(C)C. The van der Waals surface area contributed by atoms with E-state index in [2.05, 4.69) is 47.9 Å². The van der Waals surface area contributed by atoms with E-state index in [1.54, 1.807) is 128 Å². The number of phenols is 2. The molecule has 25 nitrogen and oxygen atoms in total. The van der Waals surface area contributed by atoms with Crippen LogP contribution >= 0.6 is 0 Å². The molecule has 4 bridgehead atoms. The van der Waals surface area contributed by atoms with Gasteiger partial charge < -0.3 is 81.7 Å². The van der Waals surface area contributed by atoms with Crippen molar-refractivity contribution in [1.82, 2.24) is 47.9 Å². The van der Waals surface area contributed by atoms with Crippen LogP contribution in [0.25, 0.3) is 11.1 Å². The van der Waals surface area contributed by atoms with Crippen LogP contribution in [0.15, 0.2) is 36.4 Å². The van der Waals surface area contributed by atoms with Gasteiger partial charge in [0.15, 0.2) is 0 Å². The molecular weight excluding hydrogens is 1090 g/mol. The molecule has 2 aromatic carbocycles. The van der Waals surface area contributed by atoms with Crippen LogP contribution in [0.5, 0.6) is 11.5 Å². The Kier molecular flexibility index (Phi) is 26.2. The van der Waals surface area contributed by atoms with E-state index in [9.17, 15) is 53.4 Å². The van der Waals surface area contributed by atoms with Crippen molar-refractivity contribution in [2.45, 2.75) is 220 Å². The molecule has 470 valence electrons. The van der Waals surface area contributed by atoms with Crippen LogP contribution in [-0.2, 0) is 55.7 Å². The highest BCUT2D eigenvalue weighted by molar-refractivity contribution is 5.94. The number of fused-ring (bicyclic) bond motifs is 5. The summed E-state index contributed by atoms with van der Waals surface area (Å²) in [6.45, 7) is 25.5. The van der Waals surface area contributed by atoms with Gasteiger partial charge in [-0.25, -0.2) is 24.0 Å². The molecular formula is C59H93N9O16. The summed E-state index contributed by atoms with van der Waals surface area (Å²) in [5.74, 6) is -3.28. The fourth-order valence-corrected chi connectivity index (χ4v) is 8.26. The highest BCUT2D eigenvalue weighted by Gasteiger charge is 2.33. The lowest BCUT2D eigenvalue weighted by atomic mass is 9.95. The lowest BCUT2D eigenvalue weighted by Gasteiger charge is -2.27. The minimum Gasteiger partial charge on any atom is -0.508 e. The number of hydrogen-bond acceptors (Lipinski definition) is 16. The van der Waals surface area contributed by atoms with Gasteiger partial charge in [0, 0.05) is 57.5 Å². The maximum Gasteiger partial charge on any atom is 0.408 e. The zero-order valence-corrected chi connectivity index (χ0v) is 51.7. The molecule has 0 spiro atoms. The summed E-state index contributed by atoms with van der Waals surface area (Å²) >= 11 is 0. The number of amides is 9. The van der Waals surface area contributed by atoms with Crippen molar-refractivity contribution >= 4 is 54.1 Å². The number of carbonyl (C=O) groups is 9. The average molecular weight is 1180 g/mol. The third-order valence-corrected chi connectivity index (χ3v) is 11.8. The first-order valence-corrected chi connectivity index (χ1v) is 28.4. The van der Waals surface area contributed by atoms with Gasteiger partial charge in [0.25, 0.3) is 0 Å².